The highest BCUT2D eigenvalue weighted by molar-refractivity contribution is 5.46. The first-order valence-electron chi connectivity index (χ1n) is 6.48. The lowest BCUT2D eigenvalue weighted by Gasteiger charge is -2.19. The van der Waals surface area contributed by atoms with Gasteiger partial charge in [0.25, 0.3) is 0 Å². The van der Waals surface area contributed by atoms with Gasteiger partial charge in [0.05, 0.1) is 0 Å². The molecule has 1 rings (SSSR count). The molecule has 0 aliphatic rings. The quantitative estimate of drug-likeness (QED) is 0.839. The molecule has 0 saturated carbocycles. The summed E-state index contributed by atoms with van der Waals surface area (Å²) in [6.07, 6.45) is 0. The molecule has 1 N–H and O–H groups in total. The minimum Gasteiger partial charge on any atom is -0.492 e. The Morgan fingerprint density at radius 1 is 1.11 bits per heavy atom. The van der Waals surface area contributed by atoms with Gasteiger partial charge in [0.2, 0.25) is 0 Å². The summed E-state index contributed by atoms with van der Waals surface area (Å²) < 4.78 is 5.65. The molecule has 0 aliphatic carbocycles. The van der Waals surface area contributed by atoms with Crippen LogP contribution in [-0.2, 0) is 0 Å². The summed E-state index contributed by atoms with van der Waals surface area (Å²) in [6.45, 7) is 9.29. The average Bonchev–Trinajstić information content (AvgIpc) is 2.26. The van der Waals surface area contributed by atoms with Crippen LogP contribution in [0.5, 0.6) is 5.75 Å². The second-order valence-electron chi connectivity index (χ2n) is 6.09. The summed E-state index contributed by atoms with van der Waals surface area (Å²) in [4.78, 5) is 2.11. The average molecular weight is 250 g/mol. The van der Waals surface area contributed by atoms with Crippen LogP contribution < -0.4 is 10.1 Å². The van der Waals surface area contributed by atoms with Gasteiger partial charge in [-0.15, -0.1) is 0 Å². The van der Waals surface area contributed by atoms with E-state index in [-0.39, 0.29) is 0 Å². The molecule has 1 aromatic rings. The Bertz CT molecular complexity index is 339. The monoisotopic (exact) mass is 250 g/mol. The fourth-order valence-corrected chi connectivity index (χ4v) is 1.38. The fourth-order valence-electron chi connectivity index (χ4n) is 1.38. The van der Waals surface area contributed by atoms with Crippen LogP contribution in [0.2, 0.25) is 0 Å². The van der Waals surface area contributed by atoms with Crippen molar-refractivity contribution in [2.24, 2.45) is 5.41 Å². The maximum Gasteiger partial charge on any atom is 0.119 e. The first kappa shape index (κ1) is 14.8. The van der Waals surface area contributed by atoms with Crippen molar-refractivity contribution >= 4 is 5.69 Å². The van der Waals surface area contributed by atoms with Gasteiger partial charge in [-0.3, -0.25) is 0 Å². The van der Waals surface area contributed by atoms with Crippen molar-refractivity contribution in [3.05, 3.63) is 24.3 Å². The predicted octanol–water partition coefficient (Wildman–Crippen LogP) is 3.09. The molecular formula is C15H26N2O. The molecule has 0 saturated heterocycles. The van der Waals surface area contributed by atoms with Crippen molar-refractivity contribution in [1.82, 2.24) is 4.90 Å². The molecule has 0 aromatic heterocycles. The molecule has 18 heavy (non-hydrogen) atoms. The van der Waals surface area contributed by atoms with E-state index in [9.17, 15) is 0 Å². The van der Waals surface area contributed by atoms with Crippen LogP contribution in [0.3, 0.4) is 0 Å². The third-order valence-corrected chi connectivity index (χ3v) is 2.48. The van der Waals surface area contributed by atoms with E-state index in [0.717, 1.165) is 31.1 Å². The van der Waals surface area contributed by atoms with Crippen LogP contribution in [0.15, 0.2) is 24.3 Å². The summed E-state index contributed by atoms with van der Waals surface area (Å²) >= 11 is 0. The number of nitrogens with one attached hydrogen (secondary N) is 1. The molecule has 0 fully saturated rings. The molecule has 102 valence electrons. The van der Waals surface area contributed by atoms with Gasteiger partial charge in [-0.2, -0.15) is 0 Å². The number of hydrogen-bond donors (Lipinski definition) is 1. The second kappa shape index (κ2) is 6.64. The normalized spacial score (nSPS) is 11.7. The van der Waals surface area contributed by atoms with Gasteiger partial charge in [-0.1, -0.05) is 20.8 Å². The molecule has 1 aromatic carbocycles. The van der Waals surface area contributed by atoms with Gasteiger partial charge in [0.15, 0.2) is 0 Å². The molecular weight excluding hydrogens is 224 g/mol. The predicted molar refractivity (Wildman–Crippen MR) is 78.4 cm³/mol. The van der Waals surface area contributed by atoms with Gasteiger partial charge in [0, 0.05) is 18.8 Å². The first-order chi connectivity index (χ1) is 8.37. The standard InChI is InChI=1S/C15H26N2O/c1-15(2,3)12-16-13-6-8-14(9-7-13)18-11-10-17(4)5/h6-9,16H,10-12H2,1-5H3. The molecule has 0 spiro atoms. The van der Waals surface area contributed by atoms with Crippen LogP contribution in [-0.4, -0.2) is 38.7 Å². The maximum absolute atomic E-state index is 5.65. The minimum atomic E-state index is 0.293. The Morgan fingerprint density at radius 2 is 1.72 bits per heavy atom. The highest BCUT2D eigenvalue weighted by Gasteiger charge is 2.09. The number of ether oxygens (including phenoxy) is 1. The Morgan fingerprint density at radius 3 is 2.22 bits per heavy atom. The van der Waals surface area contributed by atoms with Crippen LogP contribution >= 0.6 is 0 Å². The number of nitrogens with zero attached hydrogens (tertiary/aromatic N) is 1. The van der Waals surface area contributed by atoms with Gasteiger partial charge in [-0.05, 0) is 43.8 Å². The second-order valence-corrected chi connectivity index (χ2v) is 6.09. The molecule has 0 aliphatic heterocycles. The first-order valence-corrected chi connectivity index (χ1v) is 6.48. The maximum atomic E-state index is 5.65. The van der Waals surface area contributed by atoms with E-state index in [1.165, 1.54) is 0 Å². The number of rotatable bonds is 6. The van der Waals surface area contributed by atoms with Crippen LogP contribution in [0, 0.1) is 5.41 Å². The number of likely N-dealkylation sites (N-methyl/N-ethyl adjacent to an activating group) is 1. The molecule has 0 radical (unpaired) electrons. The minimum absolute atomic E-state index is 0.293. The Kier molecular flexibility index (Phi) is 5.48. The van der Waals surface area contributed by atoms with E-state index >= 15 is 0 Å². The highest BCUT2D eigenvalue weighted by atomic mass is 16.5. The van der Waals surface area contributed by atoms with E-state index in [1.807, 2.05) is 26.2 Å². The third kappa shape index (κ3) is 6.50. The Labute approximate surface area is 111 Å². The zero-order chi connectivity index (χ0) is 13.6. The SMILES string of the molecule is CN(C)CCOc1ccc(NCC(C)(C)C)cc1. The smallest absolute Gasteiger partial charge is 0.119 e. The summed E-state index contributed by atoms with van der Waals surface area (Å²) in [6, 6.07) is 8.16. The Hall–Kier alpha value is -1.22. The molecule has 0 unspecified atom stereocenters. The lowest BCUT2D eigenvalue weighted by atomic mass is 9.97. The third-order valence-electron chi connectivity index (χ3n) is 2.48. The van der Waals surface area contributed by atoms with Gasteiger partial charge >= 0.3 is 0 Å². The highest BCUT2D eigenvalue weighted by Crippen LogP contribution is 2.18. The fraction of sp³-hybridized carbons (Fsp3) is 0.600. The number of anilines is 1. The summed E-state index contributed by atoms with van der Waals surface area (Å²) in [7, 11) is 4.09. The zero-order valence-corrected chi connectivity index (χ0v) is 12.3. The summed E-state index contributed by atoms with van der Waals surface area (Å²) in [5.74, 6) is 0.929. The van der Waals surface area contributed by atoms with Crippen molar-refractivity contribution in [3.63, 3.8) is 0 Å². The van der Waals surface area contributed by atoms with Crippen molar-refractivity contribution in [1.29, 1.82) is 0 Å². The van der Waals surface area contributed by atoms with Gasteiger partial charge in [-0.25, -0.2) is 0 Å². The van der Waals surface area contributed by atoms with E-state index in [4.69, 9.17) is 4.74 Å². The van der Waals surface area contributed by atoms with Gasteiger partial charge < -0.3 is 15.0 Å². The number of benzene rings is 1. The van der Waals surface area contributed by atoms with E-state index in [1.54, 1.807) is 0 Å². The number of hydrogen-bond acceptors (Lipinski definition) is 3. The Balaban J connectivity index is 2.38. The van der Waals surface area contributed by atoms with Crippen molar-refractivity contribution in [2.45, 2.75) is 20.8 Å². The molecule has 0 atom stereocenters. The zero-order valence-electron chi connectivity index (χ0n) is 12.3. The lowest BCUT2D eigenvalue weighted by molar-refractivity contribution is 0.261. The molecule has 3 heteroatoms. The molecule has 0 amide bonds. The van der Waals surface area contributed by atoms with E-state index < -0.39 is 0 Å². The van der Waals surface area contributed by atoms with Crippen LogP contribution in [0.1, 0.15) is 20.8 Å². The largest absolute Gasteiger partial charge is 0.492 e. The van der Waals surface area contributed by atoms with E-state index in [0.29, 0.717) is 5.41 Å². The molecule has 0 bridgehead atoms. The molecule has 3 nitrogen and oxygen atoms in total. The van der Waals surface area contributed by atoms with Crippen molar-refractivity contribution < 1.29 is 4.74 Å². The topological polar surface area (TPSA) is 24.5 Å². The van der Waals surface area contributed by atoms with Crippen LogP contribution in [0.4, 0.5) is 5.69 Å². The van der Waals surface area contributed by atoms with Crippen molar-refractivity contribution in [3.8, 4) is 5.75 Å². The van der Waals surface area contributed by atoms with Crippen molar-refractivity contribution in [2.75, 3.05) is 39.1 Å². The summed E-state index contributed by atoms with van der Waals surface area (Å²) in [5, 5.41) is 3.42. The summed E-state index contributed by atoms with van der Waals surface area (Å²) in [5.41, 5.74) is 1.44. The van der Waals surface area contributed by atoms with Crippen LogP contribution in [0.25, 0.3) is 0 Å². The lowest BCUT2D eigenvalue weighted by Crippen LogP contribution is -2.19. The van der Waals surface area contributed by atoms with E-state index in [2.05, 4.69) is 43.1 Å². The van der Waals surface area contributed by atoms with Gasteiger partial charge in [0.1, 0.15) is 12.4 Å². The molecule has 0 heterocycles.